The summed E-state index contributed by atoms with van der Waals surface area (Å²) in [5.41, 5.74) is 4.22. The third-order valence-corrected chi connectivity index (χ3v) is 7.41. The molecule has 0 spiro atoms. The van der Waals surface area contributed by atoms with Crippen molar-refractivity contribution >= 4 is 34.7 Å². The quantitative estimate of drug-likeness (QED) is 0.224. The zero-order valence-electron chi connectivity index (χ0n) is 25.0. The fourth-order valence-corrected chi connectivity index (χ4v) is 5.30. The molecule has 3 aromatic rings. The fraction of sp³-hybridized carbons (Fsp3) is 0.424. The zero-order valence-corrected chi connectivity index (χ0v) is 25.0. The van der Waals surface area contributed by atoms with Crippen molar-refractivity contribution in [2.45, 2.75) is 65.4 Å². The molecule has 5 atom stereocenters. The van der Waals surface area contributed by atoms with Crippen LogP contribution in [0.5, 0.6) is 0 Å². The Kier molecular flexibility index (Phi) is 11.2. The fourth-order valence-electron chi connectivity index (χ4n) is 5.30. The first-order valence-corrected chi connectivity index (χ1v) is 14.4. The third kappa shape index (κ3) is 8.84. The van der Waals surface area contributed by atoms with Crippen molar-refractivity contribution in [3.05, 3.63) is 77.5 Å². The number of hydrogen-bond donors (Lipinski definition) is 2. The summed E-state index contributed by atoms with van der Waals surface area (Å²) in [6.45, 7) is 7.76. The van der Waals surface area contributed by atoms with E-state index in [4.69, 9.17) is 18.9 Å². The number of rotatable bonds is 13. The van der Waals surface area contributed by atoms with E-state index in [1.165, 1.54) is 30.9 Å². The predicted molar refractivity (Wildman–Crippen MR) is 161 cm³/mol. The lowest BCUT2D eigenvalue weighted by Crippen LogP contribution is -2.56. The SMILES string of the molecule is CC(=O)O[C@H]1[C@H](C)[C@H](OCC(=O)/C=C/c2ccc(CN(CCO)Cc3c[nH]c4ccccc34)cc2)O[C@@H](C)[C@H]1OC(C)=O. The summed E-state index contributed by atoms with van der Waals surface area (Å²) in [6.07, 6.45) is 2.21. The summed E-state index contributed by atoms with van der Waals surface area (Å²) in [5.74, 6) is -1.76. The van der Waals surface area contributed by atoms with Crippen molar-refractivity contribution in [3.63, 3.8) is 0 Å². The van der Waals surface area contributed by atoms with Gasteiger partial charge in [-0.15, -0.1) is 0 Å². The normalized spacial score (nSPS) is 22.2. The van der Waals surface area contributed by atoms with Gasteiger partial charge in [-0.3, -0.25) is 19.3 Å². The first-order chi connectivity index (χ1) is 20.6. The molecule has 2 aromatic carbocycles. The molecular weight excluding hydrogens is 552 g/mol. The summed E-state index contributed by atoms with van der Waals surface area (Å²) in [7, 11) is 0. The van der Waals surface area contributed by atoms with Crippen LogP contribution >= 0.6 is 0 Å². The Morgan fingerprint density at radius 2 is 1.67 bits per heavy atom. The summed E-state index contributed by atoms with van der Waals surface area (Å²) < 4.78 is 22.4. The first-order valence-electron chi connectivity index (χ1n) is 14.4. The van der Waals surface area contributed by atoms with Gasteiger partial charge in [0.25, 0.3) is 0 Å². The molecule has 0 bridgehead atoms. The maximum absolute atomic E-state index is 12.6. The molecule has 0 saturated carbocycles. The van der Waals surface area contributed by atoms with Crippen LogP contribution in [0.4, 0.5) is 0 Å². The molecule has 1 aromatic heterocycles. The van der Waals surface area contributed by atoms with E-state index >= 15 is 0 Å². The van der Waals surface area contributed by atoms with Crippen LogP contribution in [-0.2, 0) is 46.4 Å². The lowest BCUT2D eigenvalue weighted by Gasteiger charge is -2.42. The minimum atomic E-state index is -0.825. The van der Waals surface area contributed by atoms with Crippen LogP contribution in [0.2, 0.25) is 0 Å². The second kappa shape index (κ2) is 15.1. The van der Waals surface area contributed by atoms with Crippen molar-refractivity contribution in [1.29, 1.82) is 0 Å². The maximum Gasteiger partial charge on any atom is 0.303 e. The number of aliphatic hydroxyl groups is 1. The molecule has 1 aliphatic heterocycles. The molecular formula is C33H40N2O8. The van der Waals surface area contributed by atoms with Gasteiger partial charge in [0.15, 0.2) is 18.2 Å². The lowest BCUT2D eigenvalue weighted by atomic mass is 9.92. The number of nitrogens with one attached hydrogen (secondary N) is 1. The van der Waals surface area contributed by atoms with Gasteiger partial charge in [0, 0.05) is 56.5 Å². The van der Waals surface area contributed by atoms with Gasteiger partial charge in [0.2, 0.25) is 0 Å². The summed E-state index contributed by atoms with van der Waals surface area (Å²) >= 11 is 0. The molecule has 0 radical (unpaired) electrons. The molecule has 0 amide bonds. The number of benzene rings is 2. The van der Waals surface area contributed by atoms with Crippen LogP contribution in [0.3, 0.4) is 0 Å². The van der Waals surface area contributed by atoms with Crippen LogP contribution in [0.25, 0.3) is 17.0 Å². The topological polar surface area (TPSA) is 127 Å². The van der Waals surface area contributed by atoms with Gasteiger partial charge >= 0.3 is 11.9 Å². The predicted octanol–water partition coefficient (Wildman–Crippen LogP) is 4.01. The Bertz CT molecular complexity index is 1420. The number of aromatic amines is 1. The number of hydrogen-bond acceptors (Lipinski definition) is 9. The number of carbonyl (C=O) groups is 3. The molecule has 2 N–H and O–H groups in total. The van der Waals surface area contributed by atoms with Gasteiger partial charge < -0.3 is 29.0 Å². The van der Waals surface area contributed by atoms with Crippen LogP contribution in [-0.4, -0.2) is 77.1 Å². The lowest BCUT2D eigenvalue weighted by molar-refractivity contribution is -0.277. The van der Waals surface area contributed by atoms with Gasteiger partial charge in [-0.1, -0.05) is 55.5 Å². The molecule has 2 heterocycles. The van der Waals surface area contributed by atoms with Gasteiger partial charge in [-0.25, -0.2) is 0 Å². The molecule has 43 heavy (non-hydrogen) atoms. The zero-order chi connectivity index (χ0) is 30.9. The molecule has 1 saturated heterocycles. The maximum atomic E-state index is 12.6. The minimum absolute atomic E-state index is 0.0636. The minimum Gasteiger partial charge on any atom is -0.458 e. The Balaban J connectivity index is 1.30. The van der Waals surface area contributed by atoms with E-state index < -0.39 is 42.5 Å². The first kappa shape index (κ1) is 32.1. The van der Waals surface area contributed by atoms with Crippen LogP contribution in [0, 0.1) is 5.92 Å². The van der Waals surface area contributed by atoms with Crippen LogP contribution in [0.15, 0.2) is 60.8 Å². The van der Waals surface area contributed by atoms with Crippen molar-refractivity contribution in [2.75, 3.05) is 19.8 Å². The van der Waals surface area contributed by atoms with E-state index in [0.717, 1.165) is 16.6 Å². The van der Waals surface area contributed by atoms with Crippen molar-refractivity contribution < 1.29 is 38.4 Å². The smallest absolute Gasteiger partial charge is 0.303 e. The average molecular weight is 593 g/mol. The Hall–Kier alpha value is -3.83. The number of aromatic nitrogens is 1. The number of nitrogens with zero attached hydrogens (tertiary/aromatic N) is 1. The molecule has 230 valence electrons. The van der Waals surface area contributed by atoms with Crippen LogP contribution in [0.1, 0.15) is 44.4 Å². The van der Waals surface area contributed by atoms with Crippen LogP contribution < -0.4 is 0 Å². The monoisotopic (exact) mass is 592 g/mol. The Morgan fingerprint density at radius 3 is 2.37 bits per heavy atom. The van der Waals surface area contributed by atoms with Gasteiger partial charge in [-0.2, -0.15) is 0 Å². The average Bonchev–Trinajstić information content (AvgIpc) is 3.38. The van der Waals surface area contributed by atoms with Gasteiger partial charge in [-0.05, 0) is 35.8 Å². The highest BCUT2D eigenvalue weighted by Crippen LogP contribution is 2.31. The molecule has 0 aliphatic carbocycles. The molecule has 0 unspecified atom stereocenters. The van der Waals surface area contributed by atoms with Gasteiger partial charge in [0.05, 0.1) is 12.7 Å². The third-order valence-electron chi connectivity index (χ3n) is 7.41. The van der Waals surface area contributed by atoms with E-state index in [1.807, 2.05) is 48.7 Å². The van der Waals surface area contributed by atoms with E-state index in [9.17, 15) is 19.5 Å². The molecule has 4 rings (SSSR count). The molecule has 10 heteroatoms. The second-order valence-electron chi connectivity index (χ2n) is 10.9. The molecule has 10 nitrogen and oxygen atoms in total. The molecule has 1 fully saturated rings. The number of ketones is 1. The van der Waals surface area contributed by atoms with E-state index in [2.05, 4.69) is 16.0 Å². The number of para-hydroxylation sites is 1. The summed E-state index contributed by atoms with van der Waals surface area (Å²) in [4.78, 5) is 41.3. The number of carbonyl (C=O) groups excluding carboxylic acids is 3. The number of ether oxygens (including phenoxy) is 4. The van der Waals surface area contributed by atoms with Gasteiger partial charge in [0.1, 0.15) is 12.7 Å². The second-order valence-corrected chi connectivity index (χ2v) is 10.9. The standard InChI is InChI=1S/C33H40N2O8/c1-21-31(42-23(3)37)32(43-24(4)38)22(2)41-33(21)40-20-28(39)14-13-25-9-11-26(12-10-25)18-35(15-16-36)19-27-17-34-30-8-6-5-7-29(27)30/h5-14,17,21-22,31-34,36H,15-16,18-20H2,1-4H3/b14-13+/t21-,22-,31-,32+,33+/m0/s1. The number of aliphatic hydroxyl groups excluding tert-OH is 1. The van der Waals surface area contributed by atoms with E-state index in [-0.39, 0.29) is 19.0 Å². The Labute approximate surface area is 251 Å². The van der Waals surface area contributed by atoms with E-state index in [0.29, 0.717) is 19.6 Å². The number of H-pyrrole nitrogens is 1. The Morgan fingerprint density at radius 1 is 0.977 bits per heavy atom. The van der Waals surface area contributed by atoms with Crippen molar-refractivity contribution in [3.8, 4) is 0 Å². The highest BCUT2D eigenvalue weighted by Gasteiger charge is 2.46. The summed E-state index contributed by atoms with van der Waals surface area (Å²) in [5, 5.41) is 10.8. The van der Waals surface area contributed by atoms with Crippen molar-refractivity contribution in [1.82, 2.24) is 9.88 Å². The van der Waals surface area contributed by atoms with E-state index in [1.54, 1.807) is 19.9 Å². The number of fused-ring (bicyclic) bond motifs is 1. The highest BCUT2D eigenvalue weighted by molar-refractivity contribution is 5.94. The van der Waals surface area contributed by atoms with Crippen molar-refractivity contribution in [2.24, 2.45) is 5.92 Å². The number of esters is 2. The summed E-state index contributed by atoms with van der Waals surface area (Å²) in [6, 6.07) is 16.1. The molecule has 1 aliphatic rings. The largest absolute Gasteiger partial charge is 0.458 e. The highest BCUT2D eigenvalue weighted by atomic mass is 16.7.